The van der Waals surface area contributed by atoms with Crippen molar-refractivity contribution in [1.82, 2.24) is 10.2 Å². The van der Waals surface area contributed by atoms with Crippen LogP contribution in [0.15, 0.2) is 24.3 Å². The molecule has 1 N–H and O–H groups in total. The Morgan fingerprint density at radius 1 is 1.35 bits per heavy atom. The molecule has 2 rings (SSSR count). The third-order valence-electron chi connectivity index (χ3n) is 3.89. The zero-order valence-corrected chi connectivity index (χ0v) is 14.3. The van der Waals surface area contributed by atoms with Crippen LogP contribution in [0.2, 0.25) is 0 Å². The van der Waals surface area contributed by atoms with Crippen LogP contribution < -0.4 is 5.32 Å². The van der Waals surface area contributed by atoms with Crippen molar-refractivity contribution < 1.29 is 13.9 Å². The van der Waals surface area contributed by atoms with E-state index in [2.05, 4.69) is 5.32 Å². The van der Waals surface area contributed by atoms with Gasteiger partial charge in [-0.3, -0.25) is 0 Å². The summed E-state index contributed by atoms with van der Waals surface area (Å²) in [7, 11) is 0. The summed E-state index contributed by atoms with van der Waals surface area (Å²) in [4.78, 5) is 14.0. The Kier molecular flexibility index (Phi) is 5.99. The molecule has 0 bridgehead atoms. The van der Waals surface area contributed by atoms with E-state index in [-0.39, 0.29) is 18.0 Å². The summed E-state index contributed by atoms with van der Waals surface area (Å²) in [5.74, 6) is -0.208. The van der Waals surface area contributed by atoms with Crippen molar-refractivity contribution in [3.05, 3.63) is 35.6 Å². The molecule has 1 aromatic carbocycles. The molecule has 1 amide bonds. The Labute approximate surface area is 138 Å². The van der Waals surface area contributed by atoms with Gasteiger partial charge in [0.1, 0.15) is 11.4 Å². The average Bonchev–Trinajstić information content (AvgIpc) is 2.92. The highest BCUT2D eigenvalue weighted by atomic mass is 19.1. The first kappa shape index (κ1) is 17.7. The molecule has 0 spiro atoms. The van der Waals surface area contributed by atoms with Gasteiger partial charge in [-0.25, -0.2) is 9.18 Å². The number of hydrogen-bond acceptors (Lipinski definition) is 3. The first-order valence-corrected chi connectivity index (χ1v) is 8.30. The molecule has 0 saturated carbocycles. The lowest BCUT2D eigenvalue weighted by atomic mass is 10.1. The van der Waals surface area contributed by atoms with Gasteiger partial charge in [0.2, 0.25) is 0 Å². The van der Waals surface area contributed by atoms with Gasteiger partial charge in [0.05, 0.1) is 0 Å². The molecule has 1 atom stereocenters. The van der Waals surface area contributed by atoms with Crippen LogP contribution in [0.1, 0.15) is 39.2 Å². The SMILES string of the molecule is CC(C)(C)OC(=O)N1CCCC1CNCCc1ccc(F)cc1. The molecule has 1 aliphatic rings. The molecule has 0 radical (unpaired) electrons. The first-order valence-electron chi connectivity index (χ1n) is 8.30. The highest BCUT2D eigenvalue weighted by molar-refractivity contribution is 5.69. The number of nitrogens with zero attached hydrogens (tertiary/aromatic N) is 1. The van der Waals surface area contributed by atoms with Crippen molar-refractivity contribution in [2.24, 2.45) is 0 Å². The Balaban J connectivity index is 1.73. The minimum absolute atomic E-state index is 0.193. The minimum Gasteiger partial charge on any atom is -0.444 e. The standard InChI is InChI=1S/C18H27FN2O2/c1-18(2,3)23-17(22)21-12-4-5-16(21)13-20-11-10-14-6-8-15(19)9-7-14/h6-9,16,20H,4-5,10-13H2,1-3H3. The van der Waals surface area contributed by atoms with Gasteiger partial charge in [-0.15, -0.1) is 0 Å². The summed E-state index contributed by atoms with van der Waals surface area (Å²) in [6, 6.07) is 6.77. The summed E-state index contributed by atoms with van der Waals surface area (Å²) >= 11 is 0. The number of amides is 1. The summed E-state index contributed by atoms with van der Waals surface area (Å²) in [5.41, 5.74) is 0.648. The van der Waals surface area contributed by atoms with Gasteiger partial charge in [-0.05, 0) is 64.3 Å². The van der Waals surface area contributed by atoms with E-state index in [1.54, 1.807) is 12.1 Å². The highest BCUT2D eigenvalue weighted by Crippen LogP contribution is 2.20. The number of hydrogen-bond donors (Lipinski definition) is 1. The number of benzene rings is 1. The molecule has 128 valence electrons. The second kappa shape index (κ2) is 7.77. The Bertz CT molecular complexity index is 511. The molecule has 23 heavy (non-hydrogen) atoms. The summed E-state index contributed by atoms with van der Waals surface area (Å²) in [6.45, 7) is 7.99. The average molecular weight is 322 g/mol. The maximum atomic E-state index is 12.9. The maximum absolute atomic E-state index is 12.9. The van der Waals surface area contributed by atoms with Crippen LogP contribution >= 0.6 is 0 Å². The van der Waals surface area contributed by atoms with E-state index in [9.17, 15) is 9.18 Å². The van der Waals surface area contributed by atoms with E-state index in [1.807, 2.05) is 25.7 Å². The molecule has 0 aliphatic carbocycles. The molecule has 1 fully saturated rings. The normalized spacial score (nSPS) is 18.3. The third-order valence-corrected chi connectivity index (χ3v) is 3.89. The van der Waals surface area contributed by atoms with Gasteiger partial charge in [-0.1, -0.05) is 12.1 Å². The van der Waals surface area contributed by atoms with Crippen molar-refractivity contribution in [2.45, 2.75) is 51.7 Å². The molecular formula is C18H27FN2O2. The predicted octanol–water partition coefficient (Wildman–Crippen LogP) is 3.36. The van der Waals surface area contributed by atoms with Crippen molar-refractivity contribution in [2.75, 3.05) is 19.6 Å². The van der Waals surface area contributed by atoms with Crippen LogP contribution in [-0.4, -0.2) is 42.3 Å². The molecule has 5 heteroatoms. The fraction of sp³-hybridized carbons (Fsp3) is 0.611. The largest absolute Gasteiger partial charge is 0.444 e. The quantitative estimate of drug-likeness (QED) is 0.845. The van der Waals surface area contributed by atoms with Crippen LogP contribution in [0.5, 0.6) is 0 Å². The Morgan fingerprint density at radius 2 is 2.04 bits per heavy atom. The monoisotopic (exact) mass is 322 g/mol. The first-order chi connectivity index (χ1) is 10.8. The Morgan fingerprint density at radius 3 is 2.70 bits per heavy atom. The molecule has 1 aromatic rings. The van der Waals surface area contributed by atoms with Crippen LogP contribution in [-0.2, 0) is 11.2 Å². The van der Waals surface area contributed by atoms with Crippen molar-refractivity contribution in [3.63, 3.8) is 0 Å². The lowest BCUT2D eigenvalue weighted by molar-refractivity contribution is 0.0227. The van der Waals surface area contributed by atoms with Gasteiger partial charge < -0.3 is 15.0 Å². The fourth-order valence-electron chi connectivity index (χ4n) is 2.76. The second-order valence-electron chi connectivity index (χ2n) is 7.05. The Hall–Kier alpha value is -1.62. The summed E-state index contributed by atoms with van der Waals surface area (Å²) < 4.78 is 18.3. The molecule has 1 unspecified atom stereocenters. The number of nitrogens with one attached hydrogen (secondary N) is 1. The van der Waals surface area contributed by atoms with E-state index >= 15 is 0 Å². The van der Waals surface area contributed by atoms with Crippen LogP contribution in [0.25, 0.3) is 0 Å². The van der Waals surface area contributed by atoms with Gasteiger partial charge >= 0.3 is 6.09 Å². The molecule has 0 aromatic heterocycles. The smallest absolute Gasteiger partial charge is 0.410 e. The zero-order chi connectivity index (χ0) is 16.9. The summed E-state index contributed by atoms with van der Waals surface area (Å²) in [6.07, 6.45) is 2.64. The van der Waals surface area contributed by atoms with Crippen molar-refractivity contribution in [1.29, 1.82) is 0 Å². The molecule has 1 heterocycles. The highest BCUT2D eigenvalue weighted by Gasteiger charge is 2.31. The number of ether oxygens (including phenoxy) is 1. The zero-order valence-electron chi connectivity index (χ0n) is 14.3. The topological polar surface area (TPSA) is 41.6 Å². The van der Waals surface area contributed by atoms with Crippen LogP contribution in [0.3, 0.4) is 0 Å². The molecule has 1 saturated heterocycles. The van der Waals surface area contributed by atoms with E-state index in [0.717, 1.165) is 44.5 Å². The van der Waals surface area contributed by atoms with Crippen molar-refractivity contribution in [3.8, 4) is 0 Å². The van der Waals surface area contributed by atoms with Crippen LogP contribution in [0, 0.1) is 5.82 Å². The van der Waals surface area contributed by atoms with E-state index < -0.39 is 5.60 Å². The maximum Gasteiger partial charge on any atom is 0.410 e. The van der Waals surface area contributed by atoms with E-state index in [0.29, 0.717) is 0 Å². The summed E-state index contributed by atoms with van der Waals surface area (Å²) in [5, 5.41) is 3.39. The lowest BCUT2D eigenvalue weighted by Gasteiger charge is -2.28. The number of carbonyl (C=O) groups excluding carboxylic acids is 1. The molecule has 4 nitrogen and oxygen atoms in total. The number of likely N-dealkylation sites (tertiary alicyclic amines) is 1. The lowest BCUT2D eigenvalue weighted by Crippen LogP contribution is -2.44. The van der Waals surface area contributed by atoms with Gasteiger partial charge in [-0.2, -0.15) is 0 Å². The fourth-order valence-corrected chi connectivity index (χ4v) is 2.76. The molecule has 1 aliphatic heterocycles. The van der Waals surface area contributed by atoms with E-state index in [4.69, 9.17) is 4.74 Å². The molecular weight excluding hydrogens is 295 g/mol. The van der Waals surface area contributed by atoms with E-state index in [1.165, 1.54) is 12.1 Å². The van der Waals surface area contributed by atoms with Gasteiger partial charge in [0.15, 0.2) is 0 Å². The number of carbonyl (C=O) groups is 1. The predicted molar refractivity (Wildman–Crippen MR) is 88.9 cm³/mol. The second-order valence-corrected chi connectivity index (χ2v) is 7.05. The van der Waals surface area contributed by atoms with Gasteiger partial charge in [0.25, 0.3) is 0 Å². The number of rotatable bonds is 5. The van der Waals surface area contributed by atoms with Crippen LogP contribution in [0.4, 0.5) is 9.18 Å². The van der Waals surface area contributed by atoms with Crippen molar-refractivity contribution >= 4 is 6.09 Å². The van der Waals surface area contributed by atoms with Gasteiger partial charge in [0, 0.05) is 19.1 Å². The number of halogens is 1. The minimum atomic E-state index is -0.458. The third kappa shape index (κ3) is 5.82.